The van der Waals surface area contributed by atoms with Gasteiger partial charge >= 0.3 is 0 Å². The van der Waals surface area contributed by atoms with E-state index in [1.165, 1.54) is 12.1 Å². The third-order valence-corrected chi connectivity index (χ3v) is 5.78. The molecule has 0 aromatic heterocycles. The Balaban J connectivity index is 1.21. The summed E-state index contributed by atoms with van der Waals surface area (Å²) < 4.78 is 18.7. The van der Waals surface area contributed by atoms with Crippen LogP contribution in [0.15, 0.2) is 18.2 Å². The zero-order valence-electron chi connectivity index (χ0n) is 14.8. The zero-order chi connectivity index (χ0) is 19.2. The number of hydrogen-bond donors (Lipinski definition) is 3. The number of nitrogens with one attached hydrogen (secondary N) is 3. The molecule has 9 heteroatoms. The predicted octanol–water partition coefficient (Wildman–Crippen LogP) is 1.30. The van der Waals surface area contributed by atoms with Crippen molar-refractivity contribution in [1.29, 1.82) is 0 Å². The van der Waals surface area contributed by atoms with Crippen molar-refractivity contribution in [2.24, 2.45) is 5.92 Å². The maximum absolute atomic E-state index is 13.4. The van der Waals surface area contributed by atoms with Crippen LogP contribution in [0.1, 0.15) is 26.2 Å². The van der Waals surface area contributed by atoms with Gasteiger partial charge in [0, 0.05) is 29.6 Å². The first-order valence-corrected chi connectivity index (χ1v) is 9.27. The van der Waals surface area contributed by atoms with Crippen LogP contribution < -0.4 is 20.9 Å². The summed E-state index contributed by atoms with van der Waals surface area (Å²) in [7, 11) is 0. The Bertz CT molecular complexity index is 770. The maximum atomic E-state index is 13.4. The molecular formula is C18H21ClFN3O4. The van der Waals surface area contributed by atoms with Gasteiger partial charge in [-0.1, -0.05) is 18.5 Å². The van der Waals surface area contributed by atoms with Crippen molar-refractivity contribution in [3.05, 3.63) is 29.0 Å². The quantitative estimate of drug-likeness (QED) is 0.673. The summed E-state index contributed by atoms with van der Waals surface area (Å²) >= 11 is 5.61. The molecule has 2 unspecified atom stereocenters. The minimum Gasteiger partial charge on any atom is -0.484 e. The molecule has 146 valence electrons. The van der Waals surface area contributed by atoms with E-state index in [4.69, 9.17) is 21.2 Å². The van der Waals surface area contributed by atoms with Gasteiger partial charge in [-0.25, -0.2) is 9.87 Å². The van der Waals surface area contributed by atoms with E-state index in [1.807, 2.05) is 6.92 Å². The second-order valence-electron chi connectivity index (χ2n) is 7.86. The molecule has 7 nitrogen and oxygen atoms in total. The first kappa shape index (κ1) is 18.5. The topological polar surface area (TPSA) is 88.7 Å². The number of carbonyl (C=O) groups is 2. The molecule has 4 fully saturated rings. The molecule has 2 atom stereocenters. The van der Waals surface area contributed by atoms with Crippen LogP contribution in [0.5, 0.6) is 5.75 Å². The van der Waals surface area contributed by atoms with Gasteiger partial charge in [-0.15, -0.1) is 0 Å². The van der Waals surface area contributed by atoms with Gasteiger partial charge in [0.1, 0.15) is 11.6 Å². The molecule has 1 heterocycles. The summed E-state index contributed by atoms with van der Waals surface area (Å²) in [4.78, 5) is 29.7. The van der Waals surface area contributed by atoms with E-state index >= 15 is 0 Å². The molecule has 0 spiro atoms. The molecule has 1 saturated heterocycles. The van der Waals surface area contributed by atoms with Crippen LogP contribution in [0.25, 0.3) is 0 Å². The van der Waals surface area contributed by atoms with Gasteiger partial charge in [0.2, 0.25) is 0 Å². The largest absolute Gasteiger partial charge is 0.484 e. The maximum Gasteiger partial charge on any atom is 0.258 e. The summed E-state index contributed by atoms with van der Waals surface area (Å²) in [5, 5.41) is 6.01. The number of hydrogen-bond acceptors (Lipinski definition) is 5. The van der Waals surface area contributed by atoms with Crippen LogP contribution in [0.3, 0.4) is 0 Å². The van der Waals surface area contributed by atoms with Gasteiger partial charge < -0.3 is 15.4 Å². The molecule has 27 heavy (non-hydrogen) atoms. The molecule has 3 N–H and O–H groups in total. The normalized spacial score (nSPS) is 33.6. The van der Waals surface area contributed by atoms with Gasteiger partial charge in [0.05, 0.1) is 5.02 Å². The van der Waals surface area contributed by atoms with Crippen LogP contribution >= 0.6 is 11.6 Å². The SMILES string of the molecule is CC1CNOC1C(=O)NC12CC(NC(=O)COc3ccc(Cl)c(F)c3)(C1)C2. The van der Waals surface area contributed by atoms with Crippen molar-refractivity contribution in [2.75, 3.05) is 13.2 Å². The molecule has 0 radical (unpaired) electrons. The Kier molecular flexibility index (Phi) is 4.52. The van der Waals surface area contributed by atoms with Gasteiger partial charge in [-0.3, -0.25) is 14.4 Å². The van der Waals surface area contributed by atoms with Gasteiger partial charge in [-0.05, 0) is 31.4 Å². The zero-order valence-corrected chi connectivity index (χ0v) is 15.6. The lowest BCUT2D eigenvalue weighted by atomic mass is 9.44. The number of benzene rings is 1. The molecule has 2 amide bonds. The number of halogens is 2. The molecule has 1 aliphatic heterocycles. The number of amides is 2. The van der Waals surface area contributed by atoms with Crippen molar-refractivity contribution < 1.29 is 23.6 Å². The fraction of sp³-hybridized carbons (Fsp3) is 0.556. The minimum atomic E-state index is -0.595. The molecule has 2 bridgehead atoms. The third kappa shape index (κ3) is 3.49. The van der Waals surface area contributed by atoms with Crippen LogP contribution in [-0.4, -0.2) is 42.1 Å². The smallest absolute Gasteiger partial charge is 0.258 e. The van der Waals surface area contributed by atoms with Crippen LogP contribution in [-0.2, 0) is 14.4 Å². The lowest BCUT2D eigenvalue weighted by Crippen LogP contribution is -2.84. The summed E-state index contributed by atoms with van der Waals surface area (Å²) in [5.41, 5.74) is 2.22. The molecule has 1 aromatic rings. The first-order chi connectivity index (χ1) is 12.8. The fourth-order valence-electron chi connectivity index (χ4n) is 4.24. The molecular weight excluding hydrogens is 377 g/mol. The Morgan fingerprint density at radius 3 is 2.67 bits per heavy atom. The lowest BCUT2D eigenvalue weighted by Gasteiger charge is -2.70. The average Bonchev–Trinajstić information content (AvgIpc) is 2.99. The average molecular weight is 398 g/mol. The number of carbonyl (C=O) groups excluding carboxylic acids is 2. The first-order valence-electron chi connectivity index (χ1n) is 8.89. The highest BCUT2D eigenvalue weighted by molar-refractivity contribution is 6.30. The van der Waals surface area contributed by atoms with Crippen molar-refractivity contribution in [3.63, 3.8) is 0 Å². The van der Waals surface area contributed by atoms with Crippen LogP contribution in [0, 0.1) is 11.7 Å². The summed E-state index contributed by atoms with van der Waals surface area (Å²) in [5.74, 6) is -0.613. The second-order valence-corrected chi connectivity index (χ2v) is 8.26. The number of ether oxygens (including phenoxy) is 1. The van der Waals surface area contributed by atoms with E-state index in [0.29, 0.717) is 25.8 Å². The standard InChI is InChI=1S/C18H21ClFN3O4/c1-10-5-21-27-15(10)16(25)23-18-7-17(8-18,9-18)22-14(24)6-26-11-2-3-12(19)13(20)4-11/h2-4,10,15,21H,5-9H2,1H3,(H,22,24)(H,23,25). The summed E-state index contributed by atoms with van der Waals surface area (Å²) in [6.45, 7) is 2.41. The van der Waals surface area contributed by atoms with E-state index in [9.17, 15) is 14.0 Å². The van der Waals surface area contributed by atoms with Gasteiger partial charge in [-0.2, -0.15) is 0 Å². The van der Waals surface area contributed by atoms with E-state index in [1.54, 1.807) is 0 Å². The van der Waals surface area contributed by atoms with Crippen LogP contribution in [0.2, 0.25) is 5.02 Å². The van der Waals surface area contributed by atoms with Crippen molar-refractivity contribution in [3.8, 4) is 5.75 Å². The van der Waals surface area contributed by atoms with E-state index in [2.05, 4.69) is 16.1 Å². The Morgan fingerprint density at radius 2 is 2.04 bits per heavy atom. The van der Waals surface area contributed by atoms with Crippen molar-refractivity contribution in [2.45, 2.75) is 43.4 Å². The minimum absolute atomic E-state index is 0.00110. The van der Waals surface area contributed by atoms with Crippen molar-refractivity contribution >= 4 is 23.4 Å². The number of rotatable bonds is 6. The Morgan fingerprint density at radius 1 is 1.33 bits per heavy atom. The van der Waals surface area contributed by atoms with E-state index in [-0.39, 0.29) is 46.2 Å². The highest BCUT2D eigenvalue weighted by atomic mass is 35.5. The summed E-state index contributed by atoms with van der Waals surface area (Å²) in [6, 6.07) is 4.02. The highest BCUT2D eigenvalue weighted by Crippen LogP contribution is 2.60. The molecule has 5 rings (SSSR count). The highest BCUT2D eigenvalue weighted by Gasteiger charge is 2.69. The van der Waals surface area contributed by atoms with Gasteiger partial charge in [0.15, 0.2) is 12.7 Å². The predicted molar refractivity (Wildman–Crippen MR) is 94.5 cm³/mol. The second kappa shape index (κ2) is 6.61. The van der Waals surface area contributed by atoms with Crippen LogP contribution in [0.4, 0.5) is 4.39 Å². The summed E-state index contributed by atoms with van der Waals surface area (Å²) in [6.07, 6.45) is 1.61. The lowest BCUT2D eigenvalue weighted by molar-refractivity contribution is -0.157. The molecule has 4 aliphatic rings. The van der Waals surface area contributed by atoms with E-state index in [0.717, 1.165) is 6.07 Å². The fourth-order valence-corrected chi connectivity index (χ4v) is 4.35. The Labute approximate surface area is 160 Å². The number of hydroxylamine groups is 1. The molecule has 3 saturated carbocycles. The third-order valence-electron chi connectivity index (χ3n) is 5.48. The van der Waals surface area contributed by atoms with Gasteiger partial charge in [0.25, 0.3) is 11.8 Å². The Hall–Kier alpha value is -1.90. The molecule has 3 aliphatic carbocycles. The monoisotopic (exact) mass is 397 g/mol. The van der Waals surface area contributed by atoms with E-state index < -0.39 is 11.9 Å². The van der Waals surface area contributed by atoms with Crippen molar-refractivity contribution in [1.82, 2.24) is 16.1 Å². The molecule has 1 aromatic carbocycles.